The first-order valence-corrected chi connectivity index (χ1v) is 15.8. The number of nitrogens with zero attached hydrogens (tertiary/aromatic N) is 1. The van der Waals surface area contributed by atoms with Gasteiger partial charge >= 0.3 is 11.9 Å². The van der Waals surface area contributed by atoms with Crippen LogP contribution in [0.25, 0.3) is 0 Å². The Labute approximate surface area is 262 Å². The summed E-state index contributed by atoms with van der Waals surface area (Å²) < 4.78 is 37.2. The van der Waals surface area contributed by atoms with E-state index in [-0.39, 0.29) is 25.0 Å². The number of benzene rings is 1. The Hall–Kier alpha value is -2.16. The van der Waals surface area contributed by atoms with Gasteiger partial charge in [-0.25, -0.2) is 4.79 Å². The third-order valence-electron chi connectivity index (χ3n) is 12.9. The van der Waals surface area contributed by atoms with Gasteiger partial charge < -0.3 is 48.6 Å². The van der Waals surface area contributed by atoms with E-state index in [2.05, 4.69) is 4.90 Å². The minimum atomic E-state index is -1.83. The van der Waals surface area contributed by atoms with Crippen LogP contribution in [0.1, 0.15) is 30.1 Å². The number of likely N-dealkylation sites (tertiary alicyclic amines) is 1. The Morgan fingerprint density at radius 2 is 1.71 bits per heavy atom. The van der Waals surface area contributed by atoms with Crippen LogP contribution < -0.4 is 0 Å². The zero-order valence-electron chi connectivity index (χ0n) is 26.6. The van der Waals surface area contributed by atoms with Crippen molar-refractivity contribution < 1.29 is 53.3 Å². The van der Waals surface area contributed by atoms with Crippen molar-refractivity contribution in [2.75, 3.05) is 48.6 Å². The molecule has 0 amide bonds. The third kappa shape index (κ3) is 3.55. The predicted molar refractivity (Wildman–Crippen MR) is 156 cm³/mol. The fourth-order valence-corrected chi connectivity index (χ4v) is 12.2. The van der Waals surface area contributed by atoms with Crippen molar-refractivity contribution in [1.82, 2.24) is 4.90 Å². The van der Waals surface area contributed by atoms with Gasteiger partial charge in [-0.15, -0.1) is 0 Å². The fraction of sp³-hybridized carbons (Fsp3) is 0.758. The molecule has 12 heteroatoms. The molecule has 1 heterocycles. The molecule has 5 saturated carbocycles. The summed E-state index contributed by atoms with van der Waals surface area (Å²) >= 11 is 0. The van der Waals surface area contributed by atoms with E-state index in [0.717, 1.165) is 0 Å². The highest BCUT2D eigenvalue weighted by molar-refractivity contribution is 5.89. The van der Waals surface area contributed by atoms with Crippen LogP contribution in [0.15, 0.2) is 30.3 Å². The molecular weight excluding hydrogens is 586 g/mol. The number of hydrogen-bond donors (Lipinski definition) is 3. The maximum Gasteiger partial charge on any atom is 0.338 e. The van der Waals surface area contributed by atoms with E-state index in [4.69, 9.17) is 28.4 Å². The molecule has 1 aromatic carbocycles. The number of hydrogen-bond acceptors (Lipinski definition) is 12. The molecule has 6 unspecified atom stereocenters. The van der Waals surface area contributed by atoms with Crippen molar-refractivity contribution in [1.29, 1.82) is 0 Å². The molecule has 1 spiro atoms. The van der Waals surface area contributed by atoms with Gasteiger partial charge in [0.2, 0.25) is 0 Å². The summed E-state index contributed by atoms with van der Waals surface area (Å²) in [6.07, 6.45) is -5.50. The molecule has 6 aliphatic rings. The van der Waals surface area contributed by atoms with E-state index in [0.29, 0.717) is 18.5 Å². The van der Waals surface area contributed by atoms with Crippen LogP contribution in [0.5, 0.6) is 0 Å². The average Bonchev–Trinajstić information content (AvgIpc) is 3.40. The lowest BCUT2D eigenvalue weighted by Crippen LogP contribution is -2.81. The van der Waals surface area contributed by atoms with E-state index in [1.54, 1.807) is 51.7 Å². The zero-order chi connectivity index (χ0) is 32.3. The molecule has 5 aliphatic carbocycles. The number of piperidine rings is 1. The van der Waals surface area contributed by atoms with Crippen molar-refractivity contribution in [3.05, 3.63) is 35.9 Å². The summed E-state index contributed by atoms with van der Waals surface area (Å²) in [4.78, 5) is 29.1. The number of methoxy groups -OCH3 is 4. The smallest absolute Gasteiger partial charge is 0.338 e. The van der Waals surface area contributed by atoms with E-state index in [1.165, 1.54) is 14.0 Å². The molecule has 3 N–H and O–H groups in total. The maximum absolute atomic E-state index is 13.7. The number of aliphatic hydroxyl groups is 3. The lowest BCUT2D eigenvalue weighted by molar-refractivity contribution is -0.321. The average molecular weight is 632 g/mol. The zero-order valence-corrected chi connectivity index (χ0v) is 26.6. The molecular formula is C33H45NO11. The standard InChI is InChI=1S/C33H45NO11/c1-16(35)45-33-21-18(13-31(39,28(43-6)26(33)37)27(21)44-29(38)17-10-8-7-9-11-17)32-20(41-4)12-19(36)30(15-40-3)14-34(2)25(32)22(33)23(42-5)24(30)32/h7-11,18-28,36-37,39H,12-15H2,1-6H3/t18?,19-,20-,21?,22?,23+,24?,25?,26?,27-,28+,30+,31-,32+,33-/m1/s1. The van der Waals surface area contributed by atoms with E-state index < -0.39 is 88.3 Å². The number of rotatable bonds is 8. The van der Waals surface area contributed by atoms with Crippen molar-refractivity contribution in [3.63, 3.8) is 0 Å². The highest BCUT2D eigenvalue weighted by atomic mass is 16.6. The van der Waals surface area contributed by atoms with Crippen LogP contribution in [0.4, 0.5) is 0 Å². The summed E-state index contributed by atoms with van der Waals surface area (Å²) in [5, 5.41) is 37.0. The van der Waals surface area contributed by atoms with Crippen molar-refractivity contribution >= 4 is 11.9 Å². The first-order chi connectivity index (χ1) is 21.4. The van der Waals surface area contributed by atoms with Crippen LogP contribution in [0.2, 0.25) is 0 Å². The fourth-order valence-electron chi connectivity index (χ4n) is 12.2. The molecule has 0 radical (unpaired) electrons. The quantitative estimate of drug-likeness (QED) is 0.337. The molecule has 7 rings (SSSR count). The van der Waals surface area contributed by atoms with Crippen LogP contribution in [-0.4, -0.2) is 135 Å². The number of ether oxygens (including phenoxy) is 6. The Bertz CT molecular complexity index is 1350. The van der Waals surface area contributed by atoms with Crippen LogP contribution in [0.3, 0.4) is 0 Å². The summed E-state index contributed by atoms with van der Waals surface area (Å²) in [7, 11) is 8.20. The summed E-state index contributed by atoms with van der Waals surface area (Å²) in [6.45, 7) is 2.00. The van der Waals surface area contributed by atoms with Crippen LogP contribution >= 0.6 is 0 Å². The highest BCUT2D eigenvalue weighted by Gasteiger charge is 2.92. The minimum Gasteiger partial charge on any atom is -0.455 e. The van der Waals surface area contributed by atoms with Gasteiger partial charge in [0.25, 0.3) is 0 Å². The second-order valence-corrected chi connectivity index (χ2v) is 14.3. The number of carbonyl (C=O) groups is 2. The lowest BCUT2D eigenvalue weighted by atomic mass is 9.42. The van der Waals surface area contributed by atoms with E-state index >= 15 is 0 Å². The minimum absolute atomic E-state index is 0.0754. The summed E-state index contributed by atoms with van der Waals surface area (Å²) in [5.41, 5.74) is -4.79. The highest BCUT2D eigenvalue weighted by Crippen LogP contribution is 2.80. The van der Waals surface area contributed by atoms with Gasteiger partial charge in [0.15, 0.2) is 5.60 Å². The van der Waals surface area contributed by atoms with Gasteiger partial charge in [-0.2, -0.15) is 0 Å². The second-order valence-electron chi connectivity index (χ2n) is 14.3. The number of aliphatic hydroxyl groups excluding tert-OH is 2. The molecule has 248 valence electrons. The van der Waals surface area contributed by atoms with Gasteiger partial charge in [-0.1, -0.05) is 18.2 Å². The molecule has 45 heavy (non-hydrogen) atoms. The molecule has 1 aromatic rings. The normalized spacial score (nSPS) is 50.7. The third-order valence-corrected chi connectivity index (χ3v) is 12.9. The SMILES string of the molecule is COC[C@]12CN(C)C3C4[C@H](OC)C1[C@]3(C1C[C@@]3(O)[C@H](OC(=O)c5ccccc5)C1[C@]4(OC(C)=O)C(O)[C@@H]3OC)[C@H](OC)C[C@H]2O. The Morgan fingerprint density at radius 1 is 1.00 bits per heavy atom. The maximum atomic E-state index is 13.7. The molecule has 15 atom stereocenters. The first-order valence-electron chi connectivity index (χ1n) is 15.8. The molecule has 1 aliphatic heterocycles. The molecule has 1 saturated heterocycles. The van der Waals surface area contributed by atoms with Crippen molar-refractivity contribution in [3.8, 4) is 0 Å². The van der Waals surface area contributed by atoms with Crippen LogP contribution in [-0.2, 0) is 33.2 Å². The predicted octanol–water partition coefficient (Wildman–Crippen LogP) is 0.258. The molecule has 0 aromatic heterocycles. The Morgan fingerprint density at radius 3 is 2.31 bits per heavy atom. The van der Waals surface area contributed by atoms with Crippen LogP contribution in [0, 0.1) is 34.5 Å². The Balaban J connectivity index is 1.52. The molecule has 12 nitrogen and oxygen atoms in total. The van der Waals surface area contributed by atoms with Gasteiger partial charge in [0.05, 0.1) is 30.5 Å². The number of fused-ring (bicyclic) bond motifs is 2. The van der Waals surface area contributed by atoms with Gasteiger partial charge in [-0.05, 0) is 31.5 Å². The van der Waals surface area contributed by atoms with Gasteiger partial charge in [0, 0.05) is 83.0 Å². The van der Waals surface area contributed by atoms with Gasteiger partial charge in [0.1, 0.15) is 23.9 Å². The largest absolute Gasteiger partial charge is 0.455 e. The second kappa shape index (κ2) is 10.4. The summed E-state index contributed by atoms with van der Waals surface area (Å²) in [6, 6.07) is 8.15. The Kier molecular flexibility index (Phi) is 7.28. The molecule has 7 bridgehead atoms. The lowest BCUT2D eigenvalue weighted by Gasteiger charge is -2.70. The van der Waals surface area contributed by atoms with E-state index in [1.807, 2.05) is 7.05 Å². The van der Waals surface area contributed by atoms with Crippen molar-refractivity contribution in [2.45, 2.75) is 73.6 Å². The topological polar surface area (TPSA) is 153 Å². The first kappa shape index (κ1) is 31.4. The summed E-state index contributed by atoms with van der Waals surface area (Å²) in [5.74, 6) is -3.66. The monoisotopic (exact) mass is 631 g/mol. The number of esters is 2. The van der Waals surface area contributed by atoms with Crippen molar-refractivity contribution in [2.24, 2.45) is 34.5 Å². The molecule has 6 fully saturated rings. The number of carbonyl (C=O) groups excluding carboxylic acids is 2. The van der Waals surface area contributed by atoms with E-state index in [9.17, 15) is 24.9 Å². The van der Waals surface area contributed by atoms with Gasteiger partial charge in [-0.3, -0.25) is 4.79 Å².